The van der Waals surface area contributed by atoms with Crippen LogP contribution in [0.25, 0.3) is 0 Å². The molecule has 1 aliphatic carbocycles. The van der Waals surface area contributed by atoms with Gasteiger partial charge in [-0.25, -0.2) is 8.42 Å². The minimum atomic E-state index is -3.46. The molecule has 3 atom stereocenters. The number of rotatable bonds is 6. The Labute approximate surface area is 125 Å². The first-order chi connectivity index (χ1) is 9.85. The van der Waals surface area contributed by atoms with Crippen molar-refractivity contribution in [1.29, 1.82) is 0 Å². The Morgan fingerprint density at radius 1 is 1.29 bits per heavy atom. The lowest BCUT2D eigenvalue weighted by Gasteiger charge is -2.09. The van der Waals surface area contributed by atoms with Crippen LogP contribution in [0.15, 0.2) is 24.3 Å². The summed E-state index contributed by atoms with van der Waals surface area (Å²) in [5.74, 6) is -1.76. The molecule has 1 saturated carbocycles. The van der Waals surface area contributed by atoms with Crippen molar-refractivity contribution in [3.63, 3.8) is 0 Å². The second-order valence-electron chi connectivity index (χ2n) is 5.49. The molecule has 116 valence electrons. The lowest BCUT2D eigenvalue weighted by molar-refractivity contribution is -0.143. The van der Waals surface area contributed by atoms with E-state index in [9.17, 15) is 18.3 Å². The number of hydrogen-bond donors (Lipinski definition) is 2. The molecule has 0 aliphatic heterocycles. The van der Waals surface area contributed by atoms with Gasteiger partial charge in [0, 0.05) is 18.2 Å². The Balaban J connectivity index is 2.47. The third-order valence-corrected chi connectivity index (χ3v) is 6.80. The largest absolute Gasteiger partial charge is 0.481 e. The zero-order valence-corrected chi connectivity index (χ0v) is 13.1. The average molecular weight is 311 g/mol. The van der Waals surface area contributed by atoms with Gasteiger partial charge in [-0.2, -0.15) is 0 Å². The van der Waals surface area contributed by atoms with E-state index in [-0.39, 0.29) is 12.3 Å². The highest BCUT2D eigenvalue weighted by Gasteiger charge is 2.74. The van der Waals surface area contributed by atoms with Crippen LogP contribution in [0.4, 0.5) is 0 Å². The van der Waals surface area contributed by atoms with E-state index in [1.165, 1.54) is 6.92 Å². The van der Waals surface area contributed by atoms with Crippen molar-refractivity contribution < 1.29 is 18.3 Å². The first-order valence-corrected chi connectivity index (χ1v) is 8.80. The summed E-state index contributed by atoms with van der Waals surface area (Å²) in [6.45, 7) is 3.39. The first kappa shape index (κ1) is 16.0. The smallest absolute Gasteiger partial charge is 0.312 e. The molecule has 0 heterocycles. The second-order valence-corrected chi connectivity index (χ2v) is 7.91. The minimum Gasteiger partial charge on any atom is -0.481 e. The minimum absolute atomic E-state index is 0.0732. The van der Waals surface area contributed by atoms with Crippen LogP contribution in [0.2, 0.25) is 0 Å². The van der Waals surface area contributed by atoms with Crippen LogP contribution in [-0.4, -0.2) is 37.0 Å². The molecule has 1 fully saturated rings. The fourth-order valence-electron chi connectivity index (χ4n) is 3.13. The quantitative estimate of drug-likeness (QED) is 0.822. The van der Waals surface area contributed by atoms with Gasteiger partial charge in [0.25, 0.3) is 0 Å². The molecule has 6 heteroatoms. The van der Waals surface area contributed by atoms with E-state index in [2.05, 4.69) is 0 Å². The molecule has 0 aromatic heterocycles. The molecule has 5 nitrogen and oxygen atoms in total. The van der Waals surface area contributed by atoms with Crippen molar-refractivity contribution in [1.82, 2.24) is 0 Å². The van der Waals surface area contributed by atoms with Crippen LogP contribution in [0.5, 0.6) is 0 Å². The van der Waals surface area contributed by atoms with Crippen LogP contribution in [-0.2, 0) is 21.1 Å². The van der Waals surface area contributed by atoms with Crippen molar-refractivity contribution in [2.75, 3.05) is 12.3 Å². The Morgan fingerprint density at radius 3 is 2.24 bits per heavy atom. The normalized spacial score (nSPS) is 28.3. The molecule has 3 N–H and O–H groups in total. The molecule has 0 radical (unpaired) electrons. The highest BCUT2D eigenvalue weighted by atomic mass is 32.2. The van der Waals surface area contributed by atoms with E-state index in [0.717, 1.165) is 17.5 Å². The summed E-state index contributed by atoms with van der Waals surface area (Å²) >= 11 is 0. The van der Waals surface area contributed by atoms with Crippen molar-refractivity contribution in [3.8, 4) is 0 Å². The number of carboxylic acid groups (broad SMARTS) is 1. The van der Waals surface area contributed by atoms with Gasteiger partial charge in [0.15, 0.2) is 9.84 Å². The molecule has 0 unspecified atom stereocenters. The van der Waals surface area contributed by atoms with Gasteiger partial charge in [-0.3, -0.25) is 4.79 Å². The number of carboxylic acids is 1. The highest BCUT2D eigenvalue weighted by molar-refractivity contribution is 7.92. The van der Waals surface area contributed by atoms with E-state index in [1.807, 2.05) is 31.2 Å². The highest BCUT2D eigenvalue weighted by Crippen LogP contribution is 2.62. The maximum absolute atomic E-state index is 12.2. The molecule has 0 saturated heterocycles. The number of benzene rings is 1. The summed E-state index contributed by atoms with van der Waals surface area (Å²) in [6.07, 6.45) is 0.878. The van der Waals surface area contributed by atoms with Gasteiger partial charge >= 0.3 is 5.97 Å². The zero-order valence-electron chi connectivity index (χ0n) is 12.2. The lowest BCUT2D eigenvalue weighted by Crippen LogP contribution is -2.32. The standard InChI is InChI=1S/C15H21NO4S/c1-3-10-5-7-11(8-6-10)12-13(21(19,20)4-2)15(12,9-16)14(17)18/h5-8,12-13H,3-4,9,16H2,1-2H3,(H,17,18)/t12-,13+,15-/m1/s1. The number of sulfone groups is 1. The summed E-state index contributed by atoms with van der Waals surface area (Å²) in [5, 5.41) is 8.60. The number of hydrogen-bond acceptors (Lipinski definition) is 4. The molecule has 1 aliphatic rings. The topological polar surface area (TPSA) is 97.5 Å². The molecule has 2 rings (SSSR count). The fraction of sp³-hybridized carbons (Fsp3) is 0.533. The van der Waals surface area contributed by atoms with Crippen LogP contribution in [0.1, 0.15) is 30.9 Å². The van der Waals surface area contributed by atoms with E-state index in [4.69, 9.17) is 5.73 Å². The first-order valence-electron chi connectivity index (χ1n) is 7.09. The van der Waals surface area contributed by atoms with Gasteiger partial charge in [0.05, 0.1) is 5.25 Å². The van der Waals surface area contributed by atoms with Gasteiger partial charge < -0.3 is 10.8 Å². The molecular weight excluding hydrogens is 290 g/mol. The summed E-state index contributed by atoms with van der Waals surface area (Å²) in [6, 6.07) is 7.46. The predicted molar refractivity (Wildman–Crippen MR) is 80.9 cm³/mol. The molecular formula is C15H21NO4S. The number of nitrogens with two attached hydrogens (primary N) is 1. The van der Waals surface area contributed by atoms with Gasteiger partial charge in [-0.1, -0.05) is 38.1 Å². The Morgan fingerprint density at radius 2 is 1.86 bits per heavy atom. The summed E-state index contributed by atoms with van der Waals surface area (Å²) in [5.41, 5.74) is 6.13. The molecule has 1 aromatic carbocycles. The third kappa shape index (κ3) is 2.36. The number of aryl methyl sites for hydroxylation is 1. The Kier molecular flexibility index (Phi) is 4.13. The van der Waals surface area contributed by atoms with Crippen molar-refractivity contribution in [2.24, 2.45) is 11.1 Å². The second kappa shape index (κ2) is 5.42. The summed E-state index contributed by atoms with van der Waals surface area (Å²) in [7, 11) is -3.46. The van der Waals surface area contributed by atoms with E-state index >= 15 is 0 Å². The summed E-state index contributed by atoms with van der Waals surface area (Å²) < 4.78 is 24.5. The number of carbonyl (C=O) groups is 1. The van der Waals surface area contributed by atoms with Crippen LogP contribution >= 0.6 is 0 Å². The third-order valence-electron chi connectivity index (χ3n) is 4.53. The van der Waals surface area contributed by atoms with Crippen LogP contribution < -0.4 is 5.73 Å². The maximum atomic E-state index is 12.2. The SMILES string of the molecule is CCc1ccc([C@@H]2[C@H](S(=O)(=O)CC)[C@]2(CN)C(=O)O)cc1. The predicted octanol–water partition coefficient (Wildman–Crippen LogP) is 1.18. The number of aliphatic carboxylic acids is 1. The van der Waals surface area contributed by atoms with Gasteiger partial charge in [-0.05, 0) is 17.5 Å². The molecule has 1 aromatic rings. The molecule has 0 amide bonds. The molecule has 0 bridgehead atoms. The van der Waals surface area contributed by atoms with E-state index < -0.39 is 32.4 Å². The lowest BCUT2D eigenvalue weighted by atomic mass is 9.98. The van der Waals surface area contributed by atoms with Crippen molar-refractivity contribution in [2.45, 2.75) is 31.4 Å². The van der Waals surface area contributed by atoms with Gasteiger partial charge in [0.2, 0.25) is 0 Å². The molecule has 0 spiro atoms. The van der Waals surface area contributed by atoms with Gasteiger partial charge in [-0.15, -0.1) is 0 Å². The summed E-state index contributed by atoms with van der Waals surface area (Å²) in [4.78, 5) is 11.6. The molecule has 21 heavy (non-hydrogen) atoms. The van der Waals surface area contributed by atoms with Crippen molar-refractivity contribution in [3.05, 3.63) is 35.4 Å². The Bertz CT molecular complexity index is 638. The monoisotopic (exact) mass is 311 g/mol. The van der Waals surface area contributed by atoms with Crippen LogP contribution in [0.3, 0.4) is 0 Å². The van der Waals surface area contributed by atoms with E-state index in [0.29, 0.717) is 0 Å². The van der Waals surface area contributed by atoms with E-state index in [1.54, 1.807) is 0 Å². The van der Waals surface area contributed by atoms with Crippen LogP contribution in [0, 0.1) is 5.41 Å². The maximum Gasteiger partial charge on any atom is 0.312 e. The fourth-order valence-corrected chi connectivity index (χ4v) is 5.21. The zero-order chi connectivity index (χ0) is 15.8. The Hall–Kier alpha value is -1.40. The van der Waals surface area contributed by atoms with Crippen molar-refractivity contribution >= 4 is 15.8 Å². The van der Waals surface area contributed by atoms with Gasteiger partial charge in [0.1, 0.15) is 5.41 Å². The average Bonchev–Trinajstić information content (AvgIpc) is 3.19.